The van der Waals surface area contributed by atoms with E-state index in [0.29, 0.717) is 23.1 Å². The minimum absolute atomic E-state index is 0. The molecule has 0 fully saturated rings. The van der Waals surface area contributed by atoms with Crippen molar-refractivity contribution in [1.29, 1.82) is 0 Å². The molecule has 0 aromatic heterocycles. The van der Waals surface area contributed by atoms with Crippen LogP contribution in [0.1, 0.15) is 26.3 Å². The predicted molar refractivity (Wildman–Crippen MR) is 86.5 cm³/mol. The van der Waals surface area contributed by atoms with Crippen molar-refractivity contribution in [3.8, 4) is 11.5 Å². The van der Waals surface area contributed by atoms with Crippen molar-refractivity contribution in [3.05, 3.63) is 22.7 Å². The molecule has 0 spiro atoms. The highest BCUT2D eigenvalue weighted by Gasteiger charge is 2.14. The number of benzene rings is 1. The van der Waals surface area contributed by atoms with Gasteiger partial charge in [0, 0.05) is 12.1 Å². The van der Waals surface area contributed by atoms with Crippen LogP contribution in [0.2, 0.25) is 5.02 Å². The van der Waals surface area contributed by atoms with Gasteiger partial charge >= 0.3 is 0 Å². The van der Waals surface area contributed by atoms with E-state index in [1.807, 2.05) is 6.07 Å². The Morgan fingerprint density at radius 1 is 1.38 bits per heavy atom. The largest absolute Gasteiger partial charge is 0.493 e. The Bertz CT molecular complexity index is 488. The first-order chi connectivity index (χ1) is 9.23. The van der Waals surface area contributed by atoms with E-state index in [2.05, 4.69) is 26.1 Å². The predicted octanol–water partition coefficient (Wildman–Crippen LogP) is 2.52. The summed E-state index contributed by atoms with van der Waals surface area (Å²) >= 11 is 6.16. The van der Waals surface area contributed by atoms with Crippen LogP contribution in [0.4, 0.5) is 0 Å². The first-order valence-corrected chi connectivity index (χ1v) is 6.63. The summed E-state index contributed by atoms with van der Waals surface area (Å²) in [5, 5.41) is 3.74. The van der Waals surface area contributed by atoms with Crippen LogP contribution in [0.25, 0.3) is 0 Å². The van der Waals surface area contributed by atoms with Crippen LogP contribution in [0, 0.1) is 0 Å². The summed E-state index contributed by atoms with van der Waals surface area (Å²) in [5.41, 5.74) is 6.02. The molecule has 1 amide bonds. The van der Waals surface area contributed by atoms with E-state index in [-0.39, 0.29) is 24.6 Å². The summed E-state index contributed by atoms with van der Waals surface area (Å²) in [6, 6.07) is 3.60. The molecule has 0 atom stereocenters. The molecule has 0 saturated heterocycles. The number of carbonyl (C=O) groups excluding carboxylic acids is 1. The zero-order valence-electron chi connectivity index (χ0n) is 12.7. The average Bonchev–Trinajstić information content (AvgIpc) is 2.33. The zero-order chi connectivity index (χ0) is 15.3. The van der Waals surface area contributed by atoms with Gasteiger partial charge in [-0.1, -0.05) is 11.6 Å². The number of amides is 1. The number of nitrogens with two attached hydrogens (primary N) is 1. The number of hydrogen-bond donors (Lipinski definition) is 2. The van der Waals surface area contributed by atoms with Crippen molar-refractivity contribution in [2.45, 2.75) is 32.9 Å². The van der Waals surface area contributed by atoms with Crippen LogP contribution in [0.3, 0.4) is 0 Å². The number of primary amides is 1. The van der Waals surface area contributed by atoms with Crippen LogP contribution in [-0.4, -0.2) is 25.2 Å². The molecule has 0 heterocycles. The molecule has 0 aliphatic heterocycles. The molecular weight excluding hydrogens is 315 g/mol. The third-order valence-corrected chi connectivity index (χ3v) is 2.75. The van der Waals surface area contributed by atoms with E-state index in [1.165, 1.54) is 7.11 Å². The molecule has 3 N–H and O–H groups in total. The average molecular weight is 337 g/mol. The first-order valence-electron chi connectivity index (χ1n) is 6.25. The van der Waals surface area contributed by atoms with Gasteiger partial charge in [-0.15, -0.1) is 12.4 Å². The summed E-state index contributed by atoms with van der Waals surface area (Å²) in [7, 11) is 1.52. The van der Waals surface area contributed by atoms with E-state index >= 15 is 0 Å². The van der Waals surface area contributed by atoms with E-state index in [0.717, 1.165) is 5.56 Å². The lowest BCUT2D eigenvalue weighted by atomic mass is 10.1. The number of halogens is 2. The number of ether oxygens (including phenoxy) is 2. The minimum atomic E-state index is -0.568. The van der Waals surface area contributed by atoms with Gasteiger partial charge in [-0.2, -0.15) is 0 Å². The monoisotopic (exact) mass is 336 g/mol. The Hall–Kier alpha value is -1.17. The maximum Gasteiger partial charge on any atom is 0.255 e. The Kier molecular flexibility index (Phi) is 7.85. The molecular formula is C14H22Cl2N2O3. The summed E-state index contributed by atoms with van der Waals surface area (Å²) in [5.74, 6) is 0.235. The van der Waals surface area contributed by atoms with E-state index in [1.54, 1.807) is 6.07 Å². The van der Waals surface area contributed by atoms with Gasteiger partial charge in [0.25, 0.3) is 5.91 Å². The van der Waals surface area contributed by atoms with Gasteiger partial charge in [0.2, 0.25) is 0 Å². The van der Waals surface area contributed by atoms with Crippen LogP contribution in [0.15, 0.2) is 12.1 Å². The number of hydrogen-bond acceptors (Lipinski definition) is 4. The van der Waals surface area contributed by atoms with Gasteiger partial charge in [0.05, 0.1) is 12.1 Å². The molecule has 21 heavy (non-hydrogen) atoms. The topological polar surface area (TPSA) is 73.6 Å². The molecule has 120 valence electrons. The molecule has 5 nitrogen and oxygen atoms in total. The first kappa shape index (κ1) is 19.8. The van der Waals surface area contributed by atoms with Crippen molar-refractivity contribution in [2.24, 2.45) is 5.73 Å². The minimum Gasteiger partial charge on any atom is -0.493 e. The molecule has 0 aliphatic carbocycles. The molecule has 0 bridgehead atoms. The van der Waals surface area contributed by atoms with Gasteiger partial charge < -0.3 is 20.5 Å². The lowest BCUT2D eigenvalue weighted by Gasteiger charge is -2.21. The normalized spacial score (nSPS) is 10.7. The van der Waals surface area contributed by atoms with Crippen LogP contribution < -0.4 is 20.5 Å². The van der Waals surface area contributed by atoms with Crippen LogP contribution in [0.5, 0.6) is 11.5 Å². The summed E-state index contributed by atoms with van der Waals surface area (Å²) < 4.78 is 10.5. The molecule has 1 aromatic rings. The highest BCUT2D eigenvalue weighted by molar-refractivity contribution is 6.32. The Morgan fingerprint density at radius 3 is 2.48 bits per heavy atom. The van der Waals surface area contributed by atoms with Crippen molar-refractivity contribution in [1.82, 2.24) is 5.32 Å². The van der Waals surface area contributed by atoms with Crippen molar-refractivity contribution >= 4 is 29.9 Å². The van der Waals surface area contributed by atoms with E-state index in [4.69, 9.17) is 26.8 Å². The smallest absolute Gasteiger partial charge is 0.255 e. The second-order valence-corrected chi connectivity index (χ2v) is 5.87. The second-order valence-electron chi connectivity index (χ2n) is 5.47. The van der Waals surface area contributed by atoms with Gasteiger partial charge in [0.15, 0.2) is 18.1 Å². The zero-order valence-corrected chi connectivity index (χ0v) is 14.2. The quantitative estimate of drug-likeness (QED) is 0.837. The van der Waals surface area contributed by atoms with Gasteiger partial charge in [0.1, 0.15) is 0 Å². The highest BCUT2D eigenvalue weighted by Crippen LogP contribution is 2.36. The Morgan fingerprint density at radius 2 is 2.00 bits per heavy atom. The lowest BCUT2D eigenvalue weighted by Crippen LogP contribution is -2.35. The van der Waals surface area contributed by atoms with Crippen LogP contribution in [-0.2, 0) is 11.3 Å². The van der Waals surface area contributed by atoms with Crippen LogP contribution >= 0.6 is 24.0 Å². The molecule has 0 aliphatic rings. The third-order valence-electron chi connectivity index (χ3n) is 2.47. The number of nitrogens with one attached hydrogen (secondary N) is 1. The maximum atomic E-state index is 10.8. The Labute approximate surface area is 136 Å². The fraction of sp³-hybridized carbons (Fsp3) is 0.500. The standard InChI is InChI=1S/C14H21ClN2O3.ClH/c1-14(2,3)17-7-9-5-10(15)13(11(6-9)19-4)20-8-12(16)18;/h5-6,17H,7-8H2,1-4H3,(H2,16,18);1H. The lowest BCUT2D eigenvalue weighted by molar-refractivity contribution is -0.119. The van der Waals surface area contributed by atoms with Crippen molar-refractivity contribution in [3.63, 3.8) is 0 Å². The van der Waals surface area contributed by atoms with Gasteiger partial charge in [-0.25, -0.2) is 0 Å². The molecule has 7 heteroatoms. The fourth-order valence-corrected chi connectivity index (χ4v) is 1.81. The van der Waals surface area contributed by atoms with Crippen molar-refractivity contribution < 1.29 is 14.3 Å². The molecule has 1 aromatic carbocycles. The van der Waals surface area contributed by atoms with Gasteiger partial charge in [-0.3, -0.25) is 4.79 Å². The number of methoxy groups -OCH3 is 1. The van der Waals surface area contributed by atoms with Gasteiger partial charge in [-0.05, 0) is 38.5 Å². The van der Waals surface area contributed by atoms with E-state index < -0.39 is 5.91 Å². The van der Waals surface area contributed by atoms with Crippen molar-refractivity contribution in [2.75, 3.05) is 13.7 Å². The number of carbonyl (C=O) groups is 1. The number of rotatable bonds is 6. The maximum absolute atomic E-state index is 10.8. The van der Waals surface area contributed by atoms with E-state index in [9.17, 15) is 4.79 Å². The highest BCUT2D eigenvalue weighted by atomic mass is 35.5. The fourth-order valence-electron chi connectivity index (χ4n) is 1.53. The molecule has 1 rings (SSSR count). The Balaban J connectivity index is 0.00000400. The summed E-state index contributed by atoms with van der Waals surface area (Å²) in [4.78, 5) is 10.8. The molecule has 0 unspecified atom stereocenters. The summed E-state index contributed by atoms with van der Waals surface area (Å²) in [6.07, 6.45) is 0. The second kappa shape index (κ2) is 8.32. The molecule has 0 radical (unpaired) electrons. The molecule has 0 saturated carbocycles. The SMILES string of the molecule is COc1cc(CNC(C)(C)C)cc(Cl)c1OCC(N)=O.Cl. The summed E-state index contributed by atoms with van der Waals surface area (Å²) in [6.45, 7) is 6.65. The third kappa shape index (κ3) is 6.89.